The molecule has 0 radical (unpaired) electrons. The molecule has 1 heterocycles. The number of hydrogen-bond donors (Lipinski definition) is 0. The number of nitrogens with zero attached hydrogens (tertiary/aromatic N) is 2. The molecule has 1 aromatic carbocycles. The predicted molar refractivity (Wildman–Crippen MR) is 92.7 cm³/mol. The second-order valence-electron chi connectivity index (χ2n) is 6.32. The molecule has 1 saturated heterocycles. The molecule has 2 rings (SSSR count). The van der Waals surface area contributed by atoms with Gasteiger partial charge in [0.05, 0.1) is 12.0 Å². The van der Waals surface area contributed by atoms with Gasteiger partial charge in [-0.3, -0.25) is 4.79 Å². The number of ether oxygens (including phenoxy) is 1. The molecule has 1 aliphatic rings. The Morgan fingerprint density at radius 2 is 1.88 bits per heavy atom. The van der Waals surface area contributed by atoms with Gasteiger partial charge < -0.3 is 9.64 Å². The second-order valence-corrected chi connectivity index (χ2v) is 8.26. The van der Waals surface area contributed by atoms with E-state index in [2.05, 4.69) is 0 Å². The SMILES string of the molecule is COc1ccc(S(=O)(=O)N2CCCN(C(C)=O)CC2)cc1C(C)C. The molecule has 0 aliphatic carbocycles. The zero-order valence-corrected chi connectivity index (χ0v) is 15.6. The molecule has 1 aliphatic heterocycles. The highest BCUT2D eigenvalue weighted by Crippen LogP contribution is 2.30. The number of hydrogen-bond acceptors (Lipinski definition) is 4. The van der Waals surface area contributed by atoms with Gasteiger partial charge in [0.15, 0.2) is 0 Å². The smallest absolute Gasteiger partial charge is 0.243 e. The van der Waals surface area contributed by atoms with E-state index in [9.17, 15) is 13.2 Å². The van der Waals surface area contributed by atoms with Gasteiger partial charge in [0.1, 0.15) is 5.75 Å². The van der Waals surface area contributed by atoms with E-state index in [1.165, 1.54) is 11.2 Å². The lowest BCUT2D eigenvalue weighted by molar-refractivity contribution is -0.128. The van der Waals surface area contributed by atoms with Crippen molar-refractivity contribution < 1.29 is 17.9 Å². The van der Waals surface area contributed by atoms with E-state index in [0.717, 1.165) is 5.56 Å². The van der Waals surface area contributed by atoms with Crippen LogP contribution >= 0.6 is 0 Å². The summed E-state index contributed by atoms with van der Waals surface area (Å²) < 4.78 is 32.7. The van der Waals surface area contributed by atoms with Crippen LogP contribution in [-0.4, -0.2) is 56.8 Å². The standard InChI is InChI=1S/C17H26N2O4S/c1-13(2)16-12-15(6-7-17(16)23-4)24(21,22)19-9-5-8-18(10-11-19)14(3)20/h6-7,12-13H,5,8-11H2,1-4H3. The molecule has 1 amide bonds. The maximum Gasteiger partial charge on any atom is 0.243 e. The Bertz CT molecular complexity index is 701. The average molecular weight is 354 g/mol. The summed E-state index contributed by atoms with van der Waals surface area (Å²) in [5, 5.41) is 0. The Balaban J connectivity index is 2.30. The number of carbonyl (C=O) groups excluding carboxylic acids is 1. The molecule has 0 aromatic heterocycles. The van der Waals surface area contributed by atoms with Gasteiger partial charge in [-0.2, -0.15) is 4.31 Å². The van der Waals surface area contributed by atoms with Crippen LogP contribution in [0.1, 0.15) is 38.7 Å². The summed E-state index contributed by atoms with van der Waals surface area (Å²) in [6.07, 6.45) is 0.645. The number of sulfonamides is 1. The Kier molecular flexibility index (Phi) is 5.87. The summed E-state index contributed by atoms with van der Waals surface area (Å²) in [5.74, 6) is 0.843. The van der Waals surface area contributed by atoms with Crippen molar-refractivity contribution in [1.82, 2.24) is 9.21 Å². The van der Waals surface area contributed by atoms with E-state index in [4.69, 9.17) is 4.74 Å². The van der Waals surface area contributed by atoms with Crippen LogP contribution in [-0.2, 0) is 14.8 Å². The highest BCUT2D eigenvalue weighted by Gasteiger charge is 2.28. The molecule has 7 heteroatoms. The van der Waals surface area contributed by atoms with E-state index in [1.807, 2.05) is 13.8 Å². The maximum atomic E-state index is 13.0. The zero-order valence-electron chi connectivity index (χ0n) is 14.8. The van der Waals surface area contributed by atoms with Crippen molar-refractivity contribution in [3.8, 4) is 5.75 Å². The zero-order chi connectivity index (χ0) is 17.9. The van der Waals surface area contributed by atoms with E-state index >= 15 is 0 Å². The first kappa shape index (κ1) is 18.7. The molecular formula is C17H26N2O4S. The number of rotatable bonds is 4. The first-order valence-corrected chi connectivity index (χ1v) is 9.65. The number of amides is 1. The quantitative estimate of drug-likeness (QED) is 0.830. The minimum atomic E-state index is -3.58. The molecule has 1 aromatic rings. The highest BCUT2D eigenvalue weighted by atomic mass is 32.2. The first-order chi connectivity index (χ1) is 11.3. The van der Waals surface area contributed by atoms with E-state index in [0.29, 0.717) is 38.3 Å². The molecular weight excluding hydrogens is 328 g/mol. The highest BCUT2D eigenvalue weighted by molar-refractivity contribution is 7.89. The number of methoxy groups -OCH3 is 1. The van der Waals surface area contributed by atoms with Gasteiger partial charge in [-0.15, -0.1) is 0 Å². The summed E-state index contributed by atoms with van der Waals surface area (Å²) in [5.41, 5.74) is 0.874. The minimum absolute atomic E-state index is 0.0132. The van der Waals surface area contributed by atoms with Crippen LogP contribution in [0.25, 0.3) is 0 Å². The molecule has 0 unspecified atom stereocenters. The number of carbonyl (C=O) groups is 1. The van der Waals surface area contributed by atoms with Gasteiger partial charge in [-0.25, -0.2) is 8.42 Å². The van der Waals surface area contributed by atoms with Crippen molar-refractivity contribution in [2.24, 2.45) is 0 Å². The van der Waals surface area contributed by atoms with Crippen LogP contribution in [0, 0.1) is 0 Å². The third-order valence-electron chi connectivity index (χ3n) is 4.36. The largest absolute Gasteiger partial charge is 0.496 e. The third-order valence-corrected chi connectivity index (χ3v) is 6.26. The maximum absolute atomic E-state index is 13.0. The summed E-state index contributed by atoms with van der Waals surface area (Å²) >= 11 is 0. The predicted octanol–water partition coefficient (Wildman–Crippen LogP) is 2.06. The molecule has 0 saturated carbocycles. The molecule has 1 fully saturated rings. The number of benzene rings is 1. The van der Waals surface area contributed by atoms with Gasteiger partial charge in [-0.1, -0.05) is 13.8 Å². The van der Waals surface area contributed by atoms with Gasteiger partial charge in [0, 0.05) is 33.1 Å². The normalized spacial score (nSPS) is 17.0. The van der Waals surface area contributed by atoms with Crippen molar-refractivity contribution in [2.45, 2.75) is 38.0 Å². The Labute approximate surface area is 144 Å². The lowest BCUT2D eigenvalue weighted by atomic mass is 10.0. The third kappa shape index (κ3) is 3.89. The fourth-order valence-corrected chi connectivity index (χ4v) is 4.43. The minimum Gasteiger partial charge on any atom is -0.496 e. The Morgan fingerprint density at radius 1 is 1.17 bits per heavy atom. The lowest BCUT2D eigenvalue weighted by Gasteiger charge is -2.22. The summed E-state index contributed by atoms with van der Waals surface area (Å²) in [7, 11) is -1.99. The molecule has 0 N–H and O–H groups in total. The molecule has 0 spiro atoms. The topological polar surface area (TPSA) is 66.9 Å². The first-order valence-electron chi connectivity index (χ1n) is 8.21. The van der Waals surface area contributed by atoms with Crippen molar-refractivity contribution >= 4 is 15.9 Å². The molecule has 24 heavy (non-hydrogen) atoms. The van der Waals surface area contributed by atoms with Crippen LogP contribution in [0.3, 0.4) is 0 Å². The average Bonchev–Trinajstić information content (AvgIpc) is 2.80. The van der Waals surface area contributed by atoms with Crippen LogP contribution in [0.5, 0.6) is 5.75 Å². The molecule has 0 atom stereocenters. The second kappa shape index (κ2) is 7.53. The van der Waals surface area contributed by atoms with Gasteiger partial charge in [0.25, 0.3) is 0 Å². The van der Waals surface area contributed by atoms with Crippen molar-refractivity contribution in [1.29, 1.82) is 0 Å². The fourth-order valence-electron chi connectivity index (χ4n) is 2.92. The van der Waals surface area contributed by atoms with Crippen LogP contribution in [0.15, 0.2) is 23.1 Å². The Morgan fingerprint density at radius 3 is 2.46 bits per heavy atom. The van der Waals surface area contributed by atoms with Crippen molar-refractivity contribution in [2.75, 3.05) is 33.3 Å². The molecule has 134 valence electrons. The van der Waals surface area contributed by atoms with Crippen molar-refractivity contribution in [3.05, 3.63) is 23.8 Å². The van der Waals surface area contributed by atoms with Gasteiger partial charge in [0.2, 0.25) is 15.9 Å². The van der Waals surface area contributed by atoms with Gasteiger partial charge in [-0.05, 0) is 36.1 Å². The summed E-state index contributed by atoms with van der Waals surface area (Å²) in [4.78, 5) is 13.5. The molecule has 6 nitrogen and oxygen atoms in total. The summed E-state index contributed by atoms with van der Waals surface area (Å²) in [6.45, 7) is 7.31. The van der Waals surface area contributed by atoms with E-state index in [1.54, 1.807) is 30.2 Å². The Hall–Kier alpha value is -1.60. The lowest BCUT2D eigenvalue weighted by Crippen LogP contribution is -2.36. The van der Waals surface area contributed by atoms with E-state index in [-0.39, 0.29) is 16.7 Å². The summed E-state index contributed by atoms with van der Waals surface area (Å²) in [6, 6.07) is 5.00. The molecule has 0 bridgehead atoms. The van der Waals surface area contributed by atoms with E-state index < -0.39 is 10.0 Å². The van der Waals surface area contributed by atoms with Crippen LogP contribution in [0.4, 0.5) is 0 Å². The fraction of sp³-hybridized carbons (Fsp3) is 0.588. The van der Waals surface area contributed by atoms with Crippen LogP contribution < -0.4 is 4.74 Å². The van der Waals surface area contributed by atoms with Crippen molar-refractivity contribution in [3.63, 3.8) is 0 Å². The van der Waals surface area contributed by atoms with Gasteiger partial charge >= 0.3 is 0 Å². The van der Waals surface area contributed by atoms with Crippen LogP contribution in [0.2, 0.25) is 0 Å². The monoisotopic (exact) mass is 354 g/mol.